The number of aliphatic hydroxyl groups excluding tert-OH is 1. The monoisotopic (exact) mass is 260 g/mol. The average molecular weight is 260 g/mol. The van der Waals surface area contributed by atoms with Gasteiger partial charge in [-0.1, -0.05) is 6.92 Å². The molecule has 1 fully saturated rings. The van der Waals surface area contributed by atoms with Gasteiger partial charge >= 0.3 is 0 Å². The molecule has 100 valence electrons. The zero-order valence-electron chi connectivity index (χ0n) is 10.7. The van der Waals surface area contributed by atoms with Crippen molar-refractivity contribution in [3.05, 3.63) is 23.8 Å². The molecule has 2 aromatic rings. The van der Waals surface area contributed by atoms with Gasteiger partial charge in [0.05, 0.1) is 12.6 Å². The molecule has 0 saturated carbocycles. The largest absolute Gasteiger partial charge is 0.394 e. The van der Waals surface area contributed by atoms with Crippen LogP contribution < -0.4 is 0 Å². The molecule has 6 nitrogen and oxygen atoms in total. The van der Waals surface area contributed by atoms with Crippen molar-refractivity contribution < 1.29 is 9.90 Å². The average Bonchev–Trinajstić information content (AvgIpc) is 3.02. The van der Waals surface area contributed by atoms with Crippen molar-refractivity contribution in [2.45, 2.75) is 19.4 Å². The second-order valence-electron chi connectivity index (χ2n) is 5.04. The van der Waals surface area contributed by atoms with Gasteiger partial charge in [0.25, 0.3) is 5.91 Å². The van der Waals surface area contributed by atoms with Gasteiger partial charge in [0, 0.05) is 12.1 Å². The van der Waals surface area contributed by atoms with Gasteiger partial charge in [0.15, 0.2) is 0 Å². The van der Waals surface area contributed by atoms with Gasteiger partial charge in [-0.3, -0.25) is 4.79 Å². The van der Waals surface area contributed by atoms with Crippen molar-refractivity contribution >= 4 is 16.9 Å². The number of carbonyl (C=O) groups is 1. The molecule has 2 heterocycles. The van der Waals surface area contributed by atoms with Crippen molar-refractivity contribution in [2.75, 3.05) is 13.2 Å². The van der Waals surface area contributed by atoms with Crippen molar-refractivity contribution in [1.82, 2.24) is 20.3 Å². The van der Waals surface area contributed by atoms with Crippen LogP contribution in [0.25, 0.3) is 11.0 Å². The van der Waals surface area contributed by atoms with Crippen LogP contribution in [0.1, 0.15) is 23.7 Å². The zero-order valence-corrected chi connectivity index (χ0v) is 10.7. The minimum Gasteiger partial charge on any atom is -0.394 e. The molecule has 3 rings (SSSR count). The van der Waals surface area contributed by atoms with E-state index < -0.39 is 0 Å². The molecule has 1 aliphatic rings. The summed E-state index contributed by atoms with van der Waals surface area (Å²) in [6.07, 6.45) is 0.934. The third kappa shape index (κ3) is 1.98. The Hall–Kier alpha value is -1.95. The first kappa shape index (κ1) is 12.1. The summed E-state index contributed by atoms with van der Waals surface area (Å²) in [5, 5.41) is 19.9. The number of nitrogens with zero attached hydrogens (tertiary/aromatic N) is 3. The predicted molar refractivity (Wildman–Crippen MR) is 69.6 cm³/mol. The Morgan fingerprint density at radius 3 is 3.05 bits per heavy atom. The number of aromatic nitrogens is 3. The number of hydrogen-bond donors (Lipinski definition) is 2. The summed E-state index contributed by atoms with van der Waals surface area (Å²) >= 11 is 0. The van der Waals surface area contributed by atoms with Crippen LogP contribution in [0.5, 0.6) is 0 Å². The number of hydrogen-bond acceptors (Lipinski definition) is 4. The number of aliphatic hydroxyl groups is 1. The lowest BCUT2D eigenvalue weighted by molar-refractivity contribution is 0.0648. The highest BCUT2D eigenvalue weighted by molar-refractivity contribution is 5.97. The molecule has 1 aromatic carbocycles. The van der Waals surface area contributed by atoms with E-state index in [0.29, 0.717) is 23.5 Å². The molecule has 1 saturated heterocycles. The van der Waals surface area contributed by atoms with Gasteiger partial charge in [-0.15, -0.1) is 0 Å². The normalized spacial score (nSPS) is 23.2. The van der Waals surface area contributed by atoms with E-state index >= 15 is 0 Å². The second-order valence-corrected chi connectivity index (χ2v) is 5.04. The molecule has 19 heavy (non-hydrogen) atoms. The molecule has 0 radical (unpaired) electrons. The summed E-state index contributed by atoms with van der Waals surface area (Å²) in [6, 6.07) is 5.18. The van der Waals surface area contributed by atoms with Crippen LogP contribution in [0.15, 0.2) is 18.2 Å². The fourth-order valence-corrected chi connectivity index (χ4v) is 2.68. The zero-order chi connectivity index (χ0) is 13.4. The van der Waals surface area contributed by atoms with Crippen LogP contribution in [0.3, 0.4) is 0 Å². The van der Waals surface area contributed by atoms with E-state index in [1.54, 1.807) is 23.1 Å². The maximum atomic E-state index is 12.5. The minimum atomic E-state index is -0.0829. The molecule has 2 atom stereocenters. The molecule has 0 aliphatic carbocycles. The first-order valence-corrected chi connectivity index (χ1v) is 6.43. The topological polar surface area (TPSA) is 82.1 Å². The van der Waals surface area contributed by atoms with Crippen LogP contribution in [-0.2, 0) is 0 Å². The molecule has 2 unspecified atom stereocenters. The van der Waals surface area contributed by atoms with E-state index in [-0.39, 0.29) is 18.6 Å². The van der Waals surface area contributed by atoms with E-state index in [0.717, 1.165) is 11.9 Å². The first-order chi connectivity index (χ1) is 9.20. The summed E-state index contributed by atoms with van der Waals surface area (Å²) in [6.45, 7) is 2.77. The van der Waals surface area contributed by atoms with Crippen LogP contribution in [0.4, 0.5) is 0 Å². The number of rotatable bonds is 2. The Kier molecular flexibility index (Phi) is 2.94. The van der Waals surface area contributed by atoms with Gasteiger partial charge < -0.3 is 10.0 Å². The summed E-state index contributed by atoms with van der Waals surface area (Å²) in [5.41, 5.74) is 2.01. The maximum Gasteiger partial charge on any atom is 0.254 e. The van der Waals surface area contributed by atoms with Gasteiger partial charge in [-0.05, 0) is 30.5 Å². The lowest BCUT2D eigenvalue weighted by atomic mass is 10.0. The summed E-state index contributed by atoms with van der Waals surface area (Å²) in [5.74, 6) is 0.290. The van der Waals surface area contributed by atoms with E-state index in [1.165, 1.54) is 0 Å². The van der Waals surface area contributed by atoms with Crippen LogP contribution in [0.2, 0.25) is 0 Å². The second kappa shape index (κ2) is 4.62. The quantitative estimate of drug-likeness (QED) is 0.836. The molecule has 0 bridgehead atoms. The van der Waals surface area contributed by atoms with Crippen molar-refractivity contribution in [3.63, 3.8) is 0 Å². The van der Waals surface area contributed by atoms with Crippen molar-refractivity contribution in [3.8, 4) is 0 Å². The fourth-order valence-electron chi connectivity index (χ4n) is 2.68. The number of H-pyrrole nitrogens is 1. The highest BCUT2D eigenvalue weighted by atomic mass is 16.3. The Labute approximate surface area is 110 Å². The number of fused-ring (bicyclic) bond motifs is 1. The highest BCUT2D eigenvalue weighted by Crippen LogP contribution is 2.25. The number of aromatic amines is 1. The molecule has 2 N–H and O–H groups in total. The first-order valence-electron chi connectivity index (χ1n) is 6.43. The predicted octanol–water partition coefficient (Wildman–Crippen LogP) is 0.801. The minimum absolute atomic E-state index is 0.0130. The van der Waals surface area contributed by atoms with E-state index in [9.17, 15) is 9.90 Å². The molecule has 1 aromatic heterocycles. The number of carbonyl (C=O) groups excluding carboxylic acids is 1. The third-order valence-corrected chi connectivity index (χ3v) is 3.89. The van der Waals surface area contributed by atoms with Gasteiger partial charge in [-0.2, -0.15) is 15.4 Å². The van der Waals surface area contributed by atoms with Crippen molar-refractivity contribution in [1.29, 1.82) is 0 Å². The van der Waals surface area contributed by atoms with Gasteiger partial charge in [0.1, 0.15) is 11.0 Å². The summed E-state index contributed by atoms with van der Waals surface area (Å²) in [4.78, 5) is 14.2. The number of amides is 1. The highest BCUT2D eigenvalue weighted by Gasteiger charge is 2.34. The SMILES string of the molecule is CC1CCN(C(=O)c2ccc3n[nH]nc3c2)C1CO. The number of benzene rings is 1. The molecule has 6 heteroatoms. The van der Waals surface area contributed by atoms with E-state index in [4.69, 9.17) is 0 Å². The number of likely N-dealkylation sites (tertiary alicyclic amines) is 1. The summed E-state index contributed by atoms with van der Waals surface area (Å²) in [7, 11) is 0. The van der Waals surface area contributed by atoms with Crippen LogP contribution in [0, 0.1) is 5.92 Å². The molecule has 1 amide bonds. The van der Waals surface area contributed by atoms with Gasteiger partial charge in [-0.25, -0.2) is 0 Å². The Morgan fingerprint density at radius 1 is 1.47 bits per heavy atom. The maximum absolute atomic E-state index is 12.5. The Balaban J connectivity index is 1.90. The molecule has 1 aliphatic heterocycles. The Bertz CT molecular complexity index is 609. The lowest BCUT2D eigenvalue weighted by Crippen LogP contribution is -2.39. The van der Waals surface area contributed by atoms with E-state index in [2.05, 4.69) is 22.3 Å². The molecular formula is C13H16N4O2. The van der Waals surface area contributed by atoms with E-state index in [1.807, 2.05) is 0 Å². The fraction of sp³-hybridized carbons (Fsp3) is 0.462. The smallest absolute Gasteiger partial charge is 0.254 e. The lowest BCUT2D eigenvalue weighted by Gasteiger charge is -2.25. The molecular weight excluding hydrogens is 244 g/mol. The number of nitrogens with one attached hydrogen (secondary N) is 1. The van der Waals surface area contributed by atoms with Gasteiger partial charge in [0.2, 0.25) is 0 Å². The third-order valence-electron chi connectivity index (χ3n) is 3.89. The Morgan fingerprint density at radius 2 is 2.26 bits per heavy atom. The molecule has 0 spiro atoms. The van der Waals surface area contributed by atoms with Crippen molar-refractivity contribution in [2.24, 2.45) is 5.92 Å². The standard InChI is InChI=1S/C13H16N4O2/c1-8-4-5-17(12(8)7-18)13(19)9-2-3-10-11(6-9)15-16-14-10/h2-3,6,8,12,18H,4-5,7H2,1H3,(H,14,15,16). The van der Waals surface area contributed by atoms with Crippen LogP contribution >= 0.6 is 0 Å². The summed E-state index contributed by atoms with van der Waals surface area (Å²) < 4.78 is 0. The van der Waals surface area contributed by atoms with Crippen LogP contribution in [-0.4, -0.2) is 50.5 Å².